The molecule has 0 bridgehead atoms. The molecule has 21 heavy (non-hydrogen) atoms. The summed E-state index contributed by atoms with van der Waals surface area (Å²) < 4.78 is 5.35. The van der Waals surface area contributed by atoms with Crippen LogP contribution in [0.4, 0.5) is 0 Å². The largest absolute Gasteiger partial charge is 0.384 e. The maximum atomic E-state index is 12.0. The van der Waals surface area contributed by atoms with Gasteiger partial charge in [-0.15, -0.1) is 12.4 Å². The molecular formula is C15H24ClN3O2. The van der Waals surface area contributed by atoms with Crippen LogP contribution in [0.3, 0.4) is 0 Å². The number of nitrogens with zero attached hydrogens (tertiary/aromatic N) is 1. The van der Waals surface area contributed by atoms with E-state index in [1.54, 1.807) is 19.5 Å². The van der Waals surface area contributed by atoms with Crippen molar-refractivity contribution in [2.24, 2.45) is 5.41 Å². The van der Waals surface area contributed by atoms with Crippen molar-refractivity contribution in [3.05, 3.63) is 30.1 Å². The second-order valence-electron chi connectivity index (χ2n) is 5.50. The highest BCUT2D eigenvalue weighted by Gasteiger charge is 2.32. The van der Waals surface area contributed by atoms with Gasteiger partial charge in [0.2, 0.25) is 5.91 Å². The number of amides is 1. The molecule has 1 aromatic heterocycles. The molecule has 0 aliphatic carbocycles. The van der Waals surface area contributed by atoms with E-state index in [0.717, 1.165) is 31.5 Å². The number of halogens is 1. The van der Waals surface area contributed by atoms with Crippen LogP contribution >= 0.6 is 12.4 Å². The normalized spacial score (nSPS) is 16.8. The standard InChI is InChI=1S/C15H23N3O2.ClH/c1-20-12-15(4-7-16-8-5-15)11-18-14(19)9-13-3-2-6-17-10-13;/h2-3,6,10,16H,4-5,7-9,11-12H2,1H3,(H,18,19);1H. The quantitative estimate of drug-likeness (QED) is 0.828. The summed E-state index contributed by atoms with van der Waals surface area (Å²) in [6.07, 6.45) is 5.90. The summed E-state index contributed by atoms with van der Waals surface area (Å²) in [5, 5.41) is 6.40. The second-order valence-corrected chi connectivity index (χ2v) is 5.50. The first-order valence-electron chi connectivity index (χ1n) is 7.09. The summed E-state index contributed by atoms with van der Waals surface area (Å²) in [4.78, 5) is 16.0. The Balaban J connectivity index is 0.00000220. The van der Waals surface area contributed by atoms with Crippen LogP contribution in [0.5, 0.6) is 0 Å². The number of hydrogen-bond donors (Lipinski definition) is 2. The number of hydrogen-bond acceptors (Lipinski definition) is 4. The van der Waals surface area contributed by atoms with Crippen LogP contribution in [-0.4, -0.2) is 44.2 Å². The van der Waals surface area contributed by atoms with Crippen LogP contribution in [0.25, 0.3) is 0 Å². The Morgan fingerprint density at radius 3 is 2.86 bits per heavy atom. The predicted octanol–water partition coefficient (Wildman–Crippen LogP) is 1.18. The minimum Gasteiger partial charge on any atom is -0.384 e. The summed E-state index contributed by atoms with van der Waals surface area (Å²) in [6, 6.07) is 3.77. The molecule has 6 heteroatoms. The van der Waals surface area contributed by atoms with E-state index in [-0.39, 0.29) is 23.7 Å². The van der Waals surface area contributed by atoms with Crippen molar-refractivity contribution >= 4 is 18.3 Å². The first-order valence-corrected chi connectivity index (χ1v) is 7.09. The molecule has 0 spiro atoms. The summed E-state index contributed by atoms with van der Waals surface area (Å²) in [5.41, 5.74) is 1.01. The molecule has 1 aliphatic heterocycles. The van der Waals surface area contributed by atoms with Gasteiger partial charge in [0.15, 0.2) is 0 Å². The Labute approximate surface area is 132 Å². The van der Waals surface area contributed by atoms with Crippen LogP contribution in [0.2, 0.25) is 0 Å². The van der Waals surface area contributed by atoms with Gasteiger partial charge in [-0.05, 0) is 37.6 Å². The molecule has 2 rings (SSSR count). The molecule has 0 aromatic carbocycles. The number of carbonyl (C=O) groups excluding carboxylic acids is 1. The highest BCUT2D eigenvalue weighted by Crippen LogP contribution is 2.28. The van der Waals surface area contributed by atoms with Gasteiger partial charge in [-0.2, -0.15) is 0 Å². The number of ether oxygens (including phenoxy) is 1. The summed E-state index contributed by atoms with van der Waals surface area (Å²) in [6.45, 7) is 3.35. The van der Waals surface area contributed by atoms with Gasteiger partial charge in [0.05, 0.1) is 13.0 Å². The van der Waals surface area contributed by atoms with E-state index in [9.17, 15) is 4.79 Å². The molecule has 1 fully saturated rings. The Bertz CT molecular complexity index is 417. The molecule has 118 valence electrons. The fourth-order valence-electron chi connectivity index (χ4n) is 2.67. The van der Waals surface area contributed by atoms with Crippen LogP contribution in [0.1, 0.15) is 18.4 Å². The molecule has 1 aliphatic rings. The molecule has 2 heterocycles. The van der Waals surface area contributed by atoms with Crippen LogP contribution in [0.15, 0.2) is 24.5 Å². The zero-order chi connectivity index (χ0) is 14.3. The van der Waals surface area contributed by atoms with Gasteiger partial charge in [-0.25, -0.2) is 0 Å². The number of nitrogens with one attached hydrogen (secondary N) is 2. The third-order valence-corrected chi connectivity index (χ3v) is 3.86. The number of rotatable bonds is 6. The van der Waals surface area contributed by atoms with Gasteiger partial charge < -0.3 is 15.4 Å². The Morgan fingerprint density at radius 2 is 2.24 bits per heavy atom. The van der Waals surface area contributed by atoms with Crippen molar-refractivity contribution in [2.45, 2.75) is 19.3 Å². The van der Waals surface area contributed by atoms with Gasteiger partial charge in [0.25, 0.3) is 0 Å². The van der Waals surface area contributed by atoms with E-state index < -0.39 is 0 Å². The average molecular weight is 314 g/mol. The van der Waals surface area contributed by atoms with Crippen molar-refractivity contribution in [3.63, 3.8) is 0 Å². The molecule has 1 amide bonds. The van der Waals surface area contributed by atoms with E-state index in [1.165, 1.54) is 0 Å². The minimum absolute atomic E-state index is 0. The van der Waals surface area contributed by atoms with Crippen LogP contribution < -0.4 is 10.6 Å². The minimum atomic E-state index is 0. The lowest BCUT2D eigenvalue weighted by Crippen LogP contribution is -2.47. The van der Waals surface area contributed by atoms with Crippen LogP contribution in [-0.2, 0) is 16.0 Å². The van der Waals surface area contributed by atoms with Crippen molar-refractivity contribution in [2.75, 3.05) is 33.4 Å². The summed E-state index contributed by atoms with van der Waals surface area (Å²) in [7, 11) is 1.72. The zero-order valence-corrected chi connectivity index (χ0v) is 13.2. The zero-order valence-electron chi connectivity index (χ0n) is 12.4. The van der Waals surface area contributed by atoms with E-state index in [0.29, 0.717) is 19.6 Å². The van der Waals surface area contributed by atoms with Gasteiger partial charge >= 0.3 is 0 Å². The van der Waals surface area contributed by atoms with E-state index in [2.05, 4.69) is 15.6 Å². The second kappa shape index (κ2) is 8.97. The maximum Gasteiger partial charge on any atom is 0.224 e. The Morgan fingerprint density at radius 1 is 1.48 bits per heavy atom. The summed E-state index contributed by atoms with van der Waals surface area (Å²) in [5.74, 6) is 0.0482. The molecule has 0 radical (unpaired) electrons. The molecule has 1 saturated heterocycles. The third-order valence-electron chi connectivity index (χ3n) is 3.86. The van der Waals surface area contributed by atoms with Gasteiger partial charge in [0, 0.05) is 31.5 Å². The molecule has 0 atom stereocenters. The molecule has 0 saturated carbocycles. The molecular weight excluding hydrogens is 290 g/mol. The van der Waals surface area contributed by atoms with Crippen molar-refractivity contribution < 1.29 is 9.53 Å². The average Bonchev–Trinajstić information content (AvgIpc) is 2.48. The molecule has 0 unspecified atom stereocenters. The number of piperidine rings is 1. The number of carbonyl (C=O) groups is 1. The summed E-state index contributed by atoms with van der Waals surface area (Å²) >= 11 is 0. The first-order chi connectivity index (χ1) is 9.74. The Kier molecular flexibility index (Phi) is 7.64. The molecule has 2 N–H and O–H groups in total. The lowest BCUT2D eigenvalue weighted by Gasteiger charge is -2.37. The fourth-order valence-corrected chi connectivity index (χ4v) is 2.67. The molecule has 5 nitrogen and oxygen atoms in total. The highest BCUT2D eigenvalue weighted by molar-refractivity contribution is 5.85. The van der Waals surface area contributed by atoms with Gasteiger partial charge in [-0.1, -0.05) is 6.07 Å². The first kappa shape index (κ1) is 17.9. The lowest BCUT2D eigenvalue weighted by atomic mass is 9.79. The van der Waals surface area contributed by atoms with E-state index >= 15 is 0 Å². The van der Waals surface area contributed by atoms with Crippen molar-refractivity contribution in [1.29, 1.82) is 0 Å². The highest BCUT2D eigenvalue weighted by atomic mass is 35.5. The predicted molar refractivity (Wildman–Crippen MR) is 84.6 cm³/mol. The topological polar surface area (TPSA) is 63.2 Å². The monoisotopic (exact) mass is 313 g/mol. The number of aromatic nitrogens is 1. The smallest absolute Gasteiger partial charge is 0.224 e. The number of methoxy groups -OCH3 is 1. The SMILES string of the molecule is COCC1(CNC(=O)Cc2cccnc2)CCNCC1.Cl. The van der Waals surface area contributed by atoms with E-state index in [1.807, 2.05) is 12.1 Å². The van der Waals surface area contributed by atoms with E-state index in [4.69, 9.17) is 4.74 Å². The third kappa shape index (κ3) is 5.61. The fraction of sp³-hybridized carbons (Fsp3) is 0.600. The molecule has 1 aromatic rings. The van der Waals surface area contributed by atoms with Crippen LogP contribution in [0, 0.1) is 5.41 Å². The van der Waals surface area contributed by atoms with Crippen molar-refractivity contribution in [1.82, 2.24) is 15.6 Å². The number of pyridine rings is 1. The Hall–Kier alpha value is -1.17. The van der Waals surface area contributed by atoms with Gasteiger partial charge in [-0.3, -0.25) is 9.78 Å². The van der Waals surface area contributed by atoms with Gasteiger partial charge in [0.1, 0.15) is 0 Å². The maximum absolute atomic E-state index is 12.0. The lowest BCUT2D eigenvalue weighted by molar-refractivity contribution is -0.121. The van der Waals surface area contributed by atoms with Crippen molar-refractivity contribution in [3.8, 4) is 0 Å².